The molecule has 17 heavy (non-hydrogen) atoms. The van der Waals surface area contributed by atoms with Crippen molar-refractivity contribution in [2.24, 2.45) is 17.6 Å². The van der Waals surface area contributed by atoms with Gasteiger partial charge in [-0.25, -0.2) is 0 Å². The van der Waals surface area contributed by atoms with Crippen molar-refractivity contribution in [3.63, 3.8) is 0 Å². The van der Waals surface area contributed by atoms with Crippen LogP contribution in [0.2, 0.25) is 0 Å². The summed E-state index contributed by atoms with van der Waals surface area (Å²) in [5.41, 5.74) is 5.94. The SMILES string of the molecule is CC(C)CN(CCN(C)C)C(=O)[C@@H](N)C(C)C. The highest BCUT2D eigenvalue weighted by molar-refractivity contribution is 5.81. The van der Waals surface area contributed by atoms with Crippen LogP contribution in [0.15, 0.2) is 0 Å². The second kappa shape index (κ2) is 7.67. The highest BCUT2D eigenvalue weighted by atomic mass is 16.2. The molecular weight excluding hydrogens is 214 g/mol. The molecule has 4 heteroatoms. The Hall–Kier alpha value is -0.610. The van der Waals surface area contributed by atoms with E-state index in [0.717, 1.165) is 19.6 Å². The average Bonchev–Trinajstić information content (AvgIpc) is 2.21. The molecule has 0 heterocycles. The molecule has 0 fully saturated rings. The average molecular weight is 243 g/mol. The van der Waals surface area contributed by atoms with Gasteiger partial charge in [0.2, 0.25) is 5.91 Å². The van der Waals surface area contributed by atoms with Crippen LogP contribution < -0.4 is 5.73 Å². The highest BCUT2D eigenvalue weighted by Crippen LogP contribution is 2.06. The van der Waals surface area contributed by atoms with Crippen molar-refractivity contribution in [3.8, 4) is 0 Å². The third-order valence-electron chi connectivity index (χ3n) is 2.72. The normalized spacial score (nSPS) is 13.5. The summed E-state index contributed by atoms with van der Waals surface area (Å²) < 4.78 is 0. The summed E-state index contributed by atoms with van der Waals surface area (Å²) in [5, 5.41) is 0. The van der Waals surface area contributed by atoms with Gasteiger partial charge in [0.25, 0.3) is 0 Å². The summed E-state index contributed by atoms with van der Waals surface area (Å²) in [7, 11) is 4.03. The number of rotatable bonds is 7. The van der Waals surface area contributed by atoms with Crippen molar-refractivity contribution in [1.82, 2.24) is 9.80 Å². The molecule has 102 valence electrons. The summed E-state index contributed by atoms with van der Waals surface area (Å²) in [5.74, 6) is 0.743. The number of hydrogen-bond acceptors (Lipinski definition) is 3. The van der Waals surface area contributed by atoms with Crippen molar-refractivity contribution in [1.29, 1.82) is 0 Å². The summed E-state index contributed by atoms with van der Waals surface area (Å²) in [6.45, 7) is 10.6. The quantitative estimate of drug-likeness (QED) is 0.726. The standard InChI is InChI=1S/C13H29N3O/c1-10(2)9-16(8-7-15(5)6)13(17)12(14)11(3)4/h10-12H,7-9,14H2,1-6H3/t12-/m0/s1. The lowest BCUT2D eigenvalue weighted by Gasteiger charge is -2.29. The molecule has 0 saturated heterocycles. The van der Waals surface area contributed by atoms with Crippen LogP contribution in [-0.2, 0) is 4.79 Å². The summed E-state index contributed by atoms with van der Waals surface area (Å²) in [6.07, 6.45) is 0. The van der Waals surface area contributed by atoms with Crippen LogP contribution in [0.3, 0.4) is 0 Å². The van der Waals surface area contributed by atoms with Gasteiger partial charge in [0, 0.05) is 19.6 Å². The number of nitrogens with zero attached hydrogens (tertiary/aromatic N) is 2. The van der Waals surface area contributed by atoms with E-state index in [0.29, 0.717) is 5.92 Å². The number of likely N-dealkylation sites (N-methyl/N-ethyl adjacent to an activating group) is 1. The van der Waals surface area contributed by atoms with E-state index >= 15 is 0 Å². The molecule has 0 radical (unpaired) electrons. The molecule has 1 amide bonds. The third-order valence-corrected chi connectivity index (χ3v) is 2.72. The lowest BCUT2D eigenvalue weighted by molar-refractivity contribution is -0.134. The molecule has 0 aliphatic heterocycles. The zero-order chi connectivity index (χ0) is 13.6. The Morgan fingerprint density at radius 2 is 1.65 bits per heavy atom. The fourth-order valence-corrected chi connectivity index (χ4v) is 1.55. The largest absolute Gasteiger partial charge is 0.340 e. The Kier molecular flexibility index (Phi) is 7.39. The van der Waals surface area contributed by atoms with Crippen LogP contribution >= 0.6 is 0 Å². The molecule has 4 nitrogen and oxygen atoms in total. The second-order valence-electron chi connectivity index (χ2n) is 5.75. The lowest BCUT2D eigenvalue weighted by Crippen LogP contribution is -2.49. The Morgan fingerprint density at radius 3 is 2.00 bits per heavy atom. The fourth-order valence-electron chi connectivity index (χ4n) is 1.55. The monoisotopic (exact) mass is 243 g/mol. The van der Waals surface area contributed by atoms with Crippen LogP contribution in [0.4, 0.5) is 0 Å². The van der Waals surface area contributed by atoms with Crippen molar-refractivity contribution in [3.05, 3.63) is 0 Å². The van der Waals surface area contributed by atoms with E-state index in [1.165, 1.54) is 0 Å². The Labute approximate surface area is 106 Å². The highest BCUT2D eigenvalue weighted by Gasteiger charge is 2.23. The molecule has 0 saturated carbocycles. The molecule has 1 atom stereocenters. The molecule has 0 spiro atoms. The zero-order valence-corrected chi connectivity index (χ0v) is 12.2. The van der Waals surface area contributed by atoms with E-state index in [9.17, 15) is 4.79 Å². The predicted octanol–water partition coefficient (Wildman–Crippen LogP) is 1.02. The summed E-state index contributed by atoms with van der Waals surface area (Å²) in [6, 6.07) is -0.379. The van der Waals surface area contributed by atoms with Crippen molar-refractivity contribution < 1.29 is 4.79 Å². The van der Waals surface area contributed by atoms with E-state index in [-0.39, 0.29) is 17.9 Å². The second-order valence-corrected chi connectivity index (χ2v) is 5.75. The minimum absolute atomic E-state index is 0.0792. The maximum absolute atomic E-state index is 12.2. The zero-order valence-electron chi connectivity index (χ0n) is 12.2. The molecule has 0 bridgehead atoms. The minimum Gasteiger partial charge on any atom is -0.340 e. The van der Waals surface area contributed by atoms with Gasteiger partial charge < -0.3 is 15.5 Å². The van der Waals surface area contributed by atoms with Gasteiger partial charge in [-0.3, -0.25) is 4.79 Å². The third kappa shape index (κ3) is 6.64. The molecular formula is C13H29N3O. The van der Waals surface area contributed by atoms with Crippen LogP contribution in [0.1, 0.15) is 27.7 Å². The van der Waals surface area contributed by atoms with E-state index < -0.39 is 0 Å². The first-order chi connectivity index (χ1) is 7.75. The van der Waals surface area contributed by atoms with E-state index in [2.05, 4.69) is 18.7 Å². The Bertz CT molecular complexity index is 227. The molecule has 0 aromatic heterocycles. The number of hydrogen-bond donors (Lipinski definition) is 1. The molecule has 0 aliphatic carbocycles. The van der Waals surface area contributed by atoms with Gasteiger partial charge in [-0.05, 0) is 25.9 Å². The summed E-state index contributed by atoms with van der Waals surface area (Å²) >= 11 is 0. The first kappa shape index (κ1) is 16.4. The van der Waals surface area contributed by atoms with Gasteiger partial charge in [-0.2, -0.15) is 0 Å². The van der Waals surface area contributed by atoms with Gasteiger partial charge >= 0.3 is 0 Å². The predicted molar refractivity (Wildman–Crippen MR) is 72.8 cm³/mol. The minimum atomic E-state index is -0.379. The molecule has 0 aromatic carbocycles. The van der Waals surface area contributed by atoms with Crippen molar-refractivity contribution in [2.75, 3.05) is 33.7 Å². The lowest BCUT2D eigenvalue weighted by atomic mass is 10.0. The van der Waals surface area contributed by atoms with Crippen LogP contribution in [0.5, 0.6) is 0 Å². The number of amides is 1. The van der Waals surface area contributed by atoms with E-state index in [1.807, 2.05) is 32.8 Å². The van der Waals surface area contributed by atoms with Gasteiger partial charge in [0.05, 0.1) is 6.04 Å². The van der Waals surface area contributed by atoms with Gasteiger partial charge in [0.1, 0.15) is 0 Å². The van der Waals surface area contributed by atoms with E-state index in [1.54, 1.807) is 0 Å². The summed E-state index contributed by atoms with van der Waals surface area (Å²) in [4.78, 5) is 16.2. The van der Waals surface area contributed by atoms with Crippen LogP contribution in [0.25, 0.3) is 0 Å². The van der Waals surface area contributed by atoms with Gasteiger partial charge in [-0.15, -0.1) is 0 Å². The molecule has 0 aliphatic rings. The number of carbonyl (C=O) groups excluding carboxylic acids is 1. The maximum Gasteiger partial charge on any atom is 0.239 e. The van der Waals surface area contributed by atoms with Crippen LogP contribution in [-0.4, -0.2) is 55.5 Å². The van der Waals surface area contributed by atoms with Gasteiger partial charge in [0.15, 0.2) is 0 Å². The topological polar surface area (TPSA) is 49.6 Å². The maximum atomic E-state index is 12.2. The molecule has 0 aromatic rings. The first-order valence-corrected chi connectivity index (χ1v) is 6.44. The molecule has 0 unspecified atom stereocenters. The molecule has 2 N–H and O–H groups in total. The Balaban J connectivity index is 4.50. The van der Waals surface area contributed by atoms with E-state index in [4.69, 9.17) is 5.73 Å². The number of carbonyl (C=O) groups is 1. The number of nitrogens with two attached hydrogens (primary N) is 1. The van der Waals surface area contributed by atoms with Crippen LogP contribution in [0, 0.1) is 11.8 Å². The smallest absolute Gasteiger partial charge is 0.239 e. The Morgan fingerprint density at radius 1 is 1.12 bits per heavy atom. The fraction of sp³-hybridized carbons (Fsp3) is 0.923. The van der Waals surface area contributed by atoms with Crippen molar-refractivity contribution >= 4 is 5.91 Å². The molecule has 0 rings (SSSR count). The van der Waals surface area contributed by atoms with Crippen molar-refractivity contribution in [2.45, 2.75) is 33.7 Å². The first-order valence-electron chi connectivity index (χ1n) is 6.44. The van der Waals surface area contributed by atoms with Gasteiger partial charge in [-0.1, -0.05) is 27.7 Å².